The van der Waals surface area contributed by atoms with Crippen LogP contribution in [0.1, 0.15) is 11.8 Å². The lowest BCUT2D eigenvalue weighted by Gasteiger charge is -2.01. The summed E-state index contributed by atoms with van der Waals surface area (Å²) in [6.07, 6.45) is 0. The van der Waals surface area contributed by atoms with E-state index in [1.807, 2.05) is 0 Å². The van der Waals surface area contributed by atoms with Crippen LogP contribution in [0.5, 0.6) is 0 Å². The highest BCUT2D eigenvalue weighted by atomic mass is 35.5. The van der Waals surface area contributed by atoms with E-state index >= 15 is 0 Å². The lowest BCUT2D eigenvalue weighted by molar-refractivity contribution is 0.484. The van der Waals surface area contributed by atoms with E-state index < -0.39 is 0 Å². The Morgan fingerprint density at radius 2 is 2.40 bits per heavy atom. The Balaban J connectivity index is 2.74. The van der Waals surface area contributed by atoms with Crippen LogP contribution in [0.4, 0.5) is 0 Å². The van der Waals surface area contributed by atoms with Crippen LogP contribution < -0.4 is 5.73 Å². The lowest BCUT2D eigenvalue weighted by Crippen LogP contribution is -2.10. The molecule has 0 saturated heterocycles. The van der Waals surface area contributed by atoms with Crippen LogP contribution in [-0.2, 0) is 0 Å². The molecule has 2 nitrogen and oxygen atoms in total. The van der Waals surface area contributed by atoms with Gasteiger partial charge in [0.2, 0.25) is 0 Å². The van der Waals surface area contributed by atoms with Crippen LogP contribution in [0.25, 0.3) is 0 Å². The van der Waals surface area contributed by atoms with Crippen molar-refractivity contribution in [1.82, 2.24) is 0 Å². The third-order valence-corrected chi connectivity index (χ3v) is 1.75. The Morgan fingerprint density at radius 3 is 2.80 bits per heavy atom. The molecule has 0 spiro atoms. The van der Waals surface area contributed by atoms with Gasteiger partial charge in [-0.15, -0.1) is 0 Å². The number of hydrogen-bond donors (Lipinski definition) is 2. The molecule has 1 aromatic rings. The van der Waals surface area contributed by atoms with E-state index in [-0.39, 0.29) is 6.04 Å². The zero-order valence-corrected chi connectivity index (χ0v) is 6.90. The summed E-state index contributed by atoms with van der Waals surface area (Å²) in [5.74, 6) is 1.24. The molecular formula is C6H8ClNOS. The molecule has 0 saturated carbocycles. The van der Waals surface area contributed by atoms with Crippen molar-refractivity contribution in [3.8, 4) is 0 Å². The smallest absolute Gasteiger partial charge is 0.193 e. The zero-order chi connectivity index (χ0) is 7.56. The van der Waals surface area contributed by atoms with Crippen LogP contribution in [0.15, 0.2) is 16.5 Å². The van der Waals surface area contributed by atoms with Gasteiger partial charge in [-0.1, -0.05) is 0 Å². The molecule has 1 aromatic heterocycles. The molecule has 10 heavy (non-hydrogen) atoms. The third-order valence-electron chi connectivity index (χ3n) is 1.16. The van der Waals surface area contributed by atoms with Gasteiger partial charge in [0.1, 0.15) is 5.76 Å². The Bertz CT molecular complexity index is 213. The Hall–Kier alpha value is -0.120. The SMILES string of the molecule is NC(CS)c1ccc(Cl)o1. The summed E-state index contributed by atoms with van der Waals surface area (Å²) in [6, 6.07) is 3.26. The summed E-state index contributed by atoms with van der Waals surface area (Å²) >= 11 is 9.52. The number of halogens is 1. The molecule has 0 amide bonds. The average Bonchev–Trinajstić information content (AvgIpc) is 2.34. The molecule has 1 heterocycles. The molecule has 1 atom stereocenters. The number of rotatable bonds is 2. The van der Waals surface area contributed by atoms with Crippen molar-refractivity contribution >= 4 is 24.2 Å². The second-order valence-corrected chi connectivity index (χ2v) is 2.67. The minimum Gasteiger partial charge on any atom is -0.448 e. The van der Waals surface area contributed by atoms with Gasteiger partial charge < -0.3 is 10.2 Å². The van der Waals surface area contributed by atoms with Crippen molar-refractivity contribution in [2.24, 2.45) is 5.73 Å². The molecule has 0 aliphatic rings. The van der Waals surface area contributed by atoms with Gasteiger partial charge in [-0.25, -0.2) is 0 Å². The molecule has 0 aliphatic carbocycles. The van der Waals surface area contributed by atoms with Crippen LogP contribution in [0, 0.1) is 0 Å². The fourth-order valence-corrected chi connectivity index (χ4v) is 0.950. The molecule has 0 bridgehead atoms. The van der Waals surface area contributed by atoms with Crippen LogP contribution in [0.3, 0.4) is 0 Å². The van der Waals surface area contributed by atoms with Gasteiger partial charge in [0.25, 0.3) is 0 Å². The van der Waals surface area contributed by atoms with Crippen molar-refractivity contribution in [3.63, 3.8) is 0 Å². The van der Waals surface area contributed by atoms with E-state index in [1.54, 1.807) is 12.1 Å². The van der Waals surface area contributed by atoms with Gasteiger partial charge >= 0.3 is 0 Å². The lowest BCUT2D eigenvalue weighted by atomic mass is 10.3. The summed E-state index contributed by atoms with van der Waals surface area (Å²) in [5.41, 5.74) is 5.58. The summed E-state index contributed by atoms with van der Waals surface area (Å²) in [4.78, 5) is 0. The summed E-state index contributed by atoms with van der Waals surface area (Å²) in [7, 11) is 0. The topological polar surface area (TPSA) is 39.2 Å². The highest BCUT2D eigenvalue weighted by Gasteiger charge is 2.07. The Labute approximate surface area is 69.8 Å². The fraction of sp³-hybridized carbons (Fsp3) is 0.333. The Kier molecular flexibility index (Phi) is 2.65. The standard InChI is InChI=1S/C6H8ClNOS/c7-6-2-1-5(9-6)4(8)3-10/h1-2,4,10H,3,8H2. The molecular weight excluding hydrogens is 170 g/mol. The predicted octanol–water partition coefficient (Wildman–Crippen LogP) is 1.86. The molecule has 2 N–H and O–H groups in total. The minimum absolute atomic E-state index is 0.157. The summed E-state index contributed by atoms with van der Waals surface area (Å²) in [5, 5.41) is 0.368. The van der Waals surface area contributed by atoms with Gasteiger partial charge in [-0.3, -0.25) is 0 Å². The van der Waals surface area contributed by atoms with E-state index in [9.17, 15) is 0 Å². The second kappa shape index (κ2) is 3.32. The largest absolute Gasteiger partial charge is 0.448 e. The van der Waals surface area contributed by atoms with Crippen molar-refractivity contribution in [2.75, 3.05) is 5.75 Å². The fourth-order valence-electron chi connectivity index (χ4n) is 0.618. The Morgan fingerprint density at radius 1 is 1.70 bits per heavy atom. The molecule has 0 fully saturated rings. The van der Waals surface area contributed by atoms with E-state index in [0.29, 0.717) is 16.7 Å². The first kappa shape index (κ1) is 7.98. The second-order valence-electron chi connectivity index (χ2n) is 1.93. The molecule has 0 radical (unpaired) electrons. The van der Waals surface area contributed by atoms with Crippen molar-refractivity contribution in [3.05, 3.63) is 23.1 Å². The van der Waals surface area contributed by atoms with Crippen molar-refractivity contribution in [2.45, 2.75) is 6.04 Å². The molecule has 4 heteroatoms. The van der Waals surface area contributed by atoms with Crippen molar-refractivity contribution < 1.29 is 4.42 Å². The van der Waals surface area contributed by atoms with Crippen molar-refractivity contribution in [1.29, 1.82) is 0 Å². The highest BCUT2D eigenvalue weighted by molar-refractivity contribution is 7.80. The number of nitrogens with two attached hydrogens (primary N) is 1. The monoisotopic (exact) mass is 177 g/mol. The number of hydrogen-bond acceptors (Lipinski definition) is 3. The minimum atomic E-state index is -0.157. The molecule has 0 aromatic carbocycles. The predicted molar refractivity (Wildman–Crippen MR) is 44.5 cm³/mol. The normalized spacial score (nSPS) is 13.5. The third kappa shape index (κ3) is 1.68. The first-order valence-electron chi connectivity index (χ1n) is 2.85. The molecule has 1 rings (SSSR count). The highest BCUT2D eigenvalue weighted by Crippen LogP contribution is 2.18. The molecule has 1 unspecified atom stereocenters. The maximum Gasteiger partial charge on any atom is 0.193 e. The quantitative estimate of drug-likeness (QED) is 0.677. The van der Waals surface area contributed by atoms with E-state index in [0.717, 1.165) is 0 Å². The maximum atomic E-state index is 5.58. The zero-order valence-electron chi connectivity index (χ0n) is 5.25. The van der Waals surface area contributed by atoms with Gasteiger partial charge in [-0.2, -0.15) is 12.6 Å². The van der Waals surface area contributed by atoms with Gasteiger partial charge in [0, 0.05) is 5.75 Å². The first-order chi connectivity index (χ1) is 4.74. The maximum absolute atomic E-state index is 5.58. The van der Waals surface area contributed by atoms with Gasteiger partial charge in [0.15, 0.2) is 5.22 Å². The van der Waals surface area contributed by atoms with Crippen LogP contribution in [0.2, 0.25) is 5.22 Å². The van der Waals surface area contributed by atoms with Crippen LogP contribution >= 0.6 is 24.2 Å². The molecule has 0 aliphatic heterocycles. The number of furan rings is 1. The average molecular weight is 178 g/mol. The van der Waals surface area contributed by atoms with Gasteiger partial charge in [-0.05, 0) is 23.7 Å². The van der Waals surface area contributed by atoms with E-state index in [1.165, 1.54) is 0 Å². The first-order valence-corrected chi connectivity index (χ1v) is 3.86. The number of thiol groups is 1. The molecule has 56 valence electrons. The summed E-state index contributed by atoms with van der Waals surface area (Å²) < 4.78 is 5.03. The van der Waals surface area contributed by atoms with Crippen LogP contribution in [-0.4, -0.2) is 5.75 Å². The van der Waals surface area contributed by atoms with E-state index in [2.05, 4.69) is 12.6 Å². The van der Waals surface area contributed by atoms with Gasteiger partial charge in [0.05, 0.1) is 6.04 Å². The van der Waals surface area contributed by atoms with E-state index in [4.69, 9.17) is 21.8 Å². The summed E-state index contributed by atoms with van der Waals surface area (Å²) in [6.45, 7) is 0.